The molecule has 0 saturated heterocycles. The SMILES string of the molecule is CC(=O)C(c1ccc(C)cc1)c1cnc2ccccn12. The summed E-state index contributed by atoms with van der Waals surface area (Å²) in [6.45, 7) is 3.67. The van der Waals surface area contributed by atoms with Crippen molar-refractivity contribution in [1.82, 2.24) is 9.38 Å². The van der Waals surface area contributed by atoms with E-state index >= 15 is 0 Å². The molecule has 0 spiro atoms. The van der Waals surface area contributed by atoms with Gasteiger partial charge in [0, 0.05) is 6.20 Å². The summed E-state index contributed by atoms with van der Waals surface area (Å²) < 4.78 is 1.98. The summed E-state index contributed by atoms with van der Waals surface area (Å²) in [4.78, 5) is 16.5. The molecule has 0 aliphatic heterocycles. The Morgan fingerprint density at radius 3 is 2.60 bits per heavy atom. The lowest BCUT2D eigenvalue weighted by Crippen LogP contribution is -2.12. The van der Waals surface area contributed by atoms with Gasteiger partial charge in [0.1, 0.15) is 11.4 Å². The van der Waals surface area contributed by atoms with Crippen LogP contribution < -0.4 is 0 Å². The van der Waals surface area contributed by atoms with Gasteiger partial charge in [-0.1, -0.05) is 35.9 Å². The molecule has 0 aliphatic rings. The Bertz CT molecular complexity index is 756. The van der Waals surface area contributed by atoms with Crippen LogP contribution in [0.25, 0.3) is 5.65 Å². The molecule has 0 radical (unpaired) electrons. The third-order valence-corrected chi connectivity index (χ3v) is 3.56. The second kappa shape index (κ2) is 4.93. The maximum absolute atomic E-state index is 12.1. The molecule has 3 nitrogen and oxygen atoms in total. The largest absolute Gasteiger partial charge is 0.303 e. The van der Waals surface area contributed by atoms with Crippen LogP contribution in [0, 0.1) is 6.92 Å². The number of ketones is 1. The van der Waals surface area contributed by atoms with E-state index in [0.29, 0.717) is 0 Å². The standard InChI is InChI=1S/C17H16N2O/c1-12-6-8-14(9-7-12)17(13(2)20)15-11-18-16-5-3-4-10-19(15)16/h3-11,17H,1-2H3. The molecule has 0 aliphatic carbocycles. The highest BCUT2D eigenvalue weighted by Crippen LogP contribution is 2.26. The number of hydrogen-bond acceptors (Lipinski definition) is 2. The lowest BCUT2D eigenvalue weighted by molar-refractivity contribution is -0.117. The van der Waals surface area contributed by atoms with E-state index in [2.05, 4.69) is 4.98 Å². The van der Waals surface area contributed by atoms with Gasteiger partial charge < -0.3 is 4.40 Å². The van der Waals surface area contributed by atoms with E-state index in [4.69, 9.17) is 0 Å². The maximum Gasteiger partial charge on any atom is 0.143 e. The van der Waals surface area contributed by atoms with Crippen molar-refractivity contribution >= 4 is 11.4 Å². The van der Waals surface area contributed by atoms with Gasteiger partial charge in [-0.25, -0.2) is 4.98 Å². The van der Waals surface area contributed by atoms with Crippen LogP contribution in [0.3, 0.4) is 0 Å². The first kappa shape index (κ1) is 12.6. The third-order valence-electron chi connectivity index (χ3n) is 3.56. The van der Waals surface area contributed by atoms with Gasteiger partial charge in [-0.05, 0) is 31.5 Å². The van der Waals surface area contributed by atoms with Crippen molar-refractivity contribution in [3.63, 3.8) is 0 Å². The van der Waals surface area contributed by atoms with Crippen molar-refractivity contribution in [2.24, 2.45) is 0 Å². The van der Waals surface area contributed by atoms with Crippen LogP contribution in [-0.4, -0.2) is 15.2 Å². The summed E-state index contributed by atoms with van der Waals surface area (Å²) in [7, 11) is 0. The smallest absolute Gasteiger partial charge is 0.143 e. The first-order valence-corrected chi connectivity index (χ1v) is 6.66. The molecule has 1 unspecified atom stereocenters. The summed E-state index contributed by atoms with van der Waals surface area (Å²) in [6.07, 6.45) is 3.74. The minimum absolute atomic E-state index is 0.125. The van der Waals surface area contributed by atoms with E-state index in [-0.39, 0.29) is 11.7 Å². The number of carbonyl (C=O) groups is 1. The number of imidazole rings is 1. The van der Waals surface area contributed by atoms with Crippen LogP contribution in [0.4, 0.5) is 0 Å². The fraction of sp³-hybridized carbons (Fsp3) is 0.176. The Morgan fingerprint density at radius 1 is 1.15 bits per heavy atom. The number of rotatable bonds is 3. The van der Waals surface area contributed by atoms with Gasteiger partial charge in [-0.15, -0.1) is 0 Å². The Labute approximate surface area is 117 Å². The quantitative estimate of drug-likeness (QED) is 0.727. The Kier molecular flexibility index (Phi) is 3.11. The number of aromatic nitrogens is 2. The molecule has 2 aromatic heterocycles. The van der Waals surface area contributed by atoms with E-state index in [1.165, 1.54) is 5.56 Å². The van der Waals surface area contributed by atoms with E-state index < -0.39 is 0 Å². The maximum atomic E-state index is 12.1. The molecule has 1 aromatic carbocycles. The summed E-state index contributed by atoms with van der Waals surface area (Å²) in [5, 5.41) is 0. The Morgan fingerprint density at radius 2 is 1.90 bits per heavy atom. The number of benzene rings is 1. The van der Waals surface area contributed by atoms with E-state index in [9.17, 15) is 4.79 Å². The lowest BCUT2D eigenvalue weighted by Gasteiger charge is -2.14. The molecule has 3 heteroatoms. The monoisotopic (exact) mass is 264 g/mol. The van der Waals surface area contributed by atoms with Gasteiger partial charge in [0.2, 0.25) is 0 Å². The van der Waals surface area contributed by atoms with Gasteiger partial charge in [-0.3, -0.25) is 4.79 Å². The number of carbonyl (C=O) groups excluding carboxylic acids is 1. The normalized spacial score (nSPS) is 12.5. The van der Waals surface area contributed by atoms with Crippen LogP contribution in [0.2, 0.25) is 0 Å². The molecule has 20 heavy (non-hydrogen) atoms. The first-order chi connectivity index (χ1) is 9.66. The fourth-order valence-electron chi connectivity index (χ4n) is 2.54. The number of nitrogens with zero attached hydrogens (tertiary/aromatic N) is 2. The molecule has 0 saturated carbocycles. The van der Waals surface area contributed by atoms with Crippen molar-refractivity contribution < 1.29 is 4.79 Å². The molecule has 2 heterocycles. The molecule has 3 rings (SSSR count). The van der Waals surface area contributed by atoms with Crippen LogP contribution in [0.15, 0.2) is 54.9 Å². The topological polar surface area (TPSA) is 34.4 Å². The van der Waals surface area contributed by atoms with Gasteiger partial charge in [-0.2, -0.15) is 0 Å². The third kappa shape index (κ3) is 2.11. The second-order valence-electron chi connectivity index (χ2n) is 5.07. The number of pyridine rings is 1. The highest BCUT2D eigenvalue weighted by Gasteiger charge is 2.22. The fourth-order valence-corrected chi connectivity index (χ4v) is 2.54. The summed E-state index contributed by atoms with van der Waals surface area (Å²) in [5.41, 5.74) is 3.97. The van der Waals surface area contributed by atoms with Crippen molar-refractivity contribution in [3.05, 3.63) is 71.7 Å². The number of aryl methyl sites for hydroxylation is 1. The highest BCUT2D eigenvalue weighted by molar-refractivity contribution is 5.86. The predicted molar refractivity (Wildman–Crippen MR) is 78.9 cm³/mol. The van der Waals surface area contributed by atoms with Crippen LogP contribution in [-0.2, 0) is 4.79 Å². The van der Waals surface area contributed by atoms with E-state index in [1.54, 1.807) is 13.1 Å². The zero-order chi connectivity index (χ0) is 14.1. The molecular formula is C17H16N2O. The molecule has 100 valence electrons. The van der Waals surface area contributed by atoms with Crippen molar-refractivity contribution in [3.8, 4) is 0 Å². The molecule has 1 atom stereocenters. The van der Waals surface area contributed by atoms with E-state index in [0.717, 1.165) is 16.9 Å². The number of Topliss-reactive ketones (excluding diaryl/α,β-unsaturated/α-hetero) is 1. The summed E-state index contributed by atoms with van der Waals surface area (Å²) in [5.74, 6) is -0.146. The lowest BCUT2D eigenvalue weighted by atomic mass is 9.92. The average molecular weight is 264 g/mol. The number of fused-ring (bicyclic) bond motifs is 1. The zero-order valence-electron chi connectivity index (χ0n) is 11.6. The molecule has 0 amide bonds. The molecule has 0 fully saturated rings. The number of hydrogen-bond donors (Lipinski definition) is 0. The van der Waals surface area contributed by atoms with Crippen LogP contribution in [0.5, 0.6) is 0 Å². The highest BCUT2D eigenvalue weighted by atomic mass is 16.1. The average Bonchev–Trinajstić information content (AvgIpc) is 2.85. The van der Waals surface area contributed by atoms with Gasteiger partial charge in [0.05, 0.1) is 17.8 Å². The first-order valence-electron chi connectivity index (χ1n) is 6.66. The van der Waals surface area contributed by atoms with E-state index in [1.807, 2.05) is 60.0 Å². The molecule has 3 aromatic rings. The zero-order valence-corrected chi connectivity index (χ0v) is 11.6. The molecular weight excluding hydrogens is 248 g/mol. The minimum Gasteiger partial charge on any atom is -0.303 e. The van der Waals surface area contributed by atoms with Crippen LogP contribution >= 0.6 is 0 Å². The predicted octanol–water partition coefficient (Wildman–Crippen LogP) is 3.36. The van der Waals surface area contributed by atoms with Crippen molar-refractivity contribution in [2.45, 2.75) is 19.8 Å². The Balaban J connectivity index is 2.16. The molecule has 0 N–H and O–H groups in total. The van der Waals surface area contributed by atoms with Crippen molar-refractivity contribution in [2.75, 3.05) is 0 Å². The van der Waals surface area contributed by atoms with Crippen molar-refractivity contribution in [1.29, 1.82) is 0 Å². The second-order valence-corrected chi connectivity index (χ2v) is 5.07. The van der Waals surface area contributed by atoms with Gasteiger partial charge >= 0.3 is 0 Å². The van der Waals surface area contributed by atoms with Gasteiger partial charge in [0.15, 0.2) is 0 Å². The minimum atomic E-state index is -0.270. The summed E-state index contributed by atoms with van der Waals surface area (Å²) in [6, 6.07) is 13.9. The van der Waals surface area contributed by atoms with Crippen LogP contribution in [0.1, 0.15) is 29.7 Å². The van der Waals surface area contributed by atoms with Gasteiger partial charge in [0.25, 0.3) is 0 Å². The Hall–Kier alpha value is -2.42. The summed E-state index contributed by atoms with van der Waals surface area (Å²) >= 11 is 0. The molecule has 0 bridgehead atoms.